The predicted octanol–water partition coefficient (Wildman–Crippen LogP) is 3.41. The van der Waals surface area contributed by atoms with Crippen molar-refractivity contribution in [2.24, 2.45) is 5.92 Å². The molecule has 0 saturated heterocycles. The van der Waals surface area contributed by atoms with Gasteiger partial charge < -0.3 is 15.0 Å². The second kappa shape index (κ2) is 8.11. The second-order valence-electron chi connectivity index (χ2n) is 6.17. The average Bonchev–Trinajstić information content (AvgIpc) is 3.19. The summed E-state index contributed by atoms with van der Waals surface area (Å²) >= 11 is 1.83. The number of aromatic nitrogens is 1. The lowest BCUT2D eigenvalue weighted by Crippen LogP contribution is -2.32. The van der Waals surface area contributed by atoms with Gasteiger partial charge in [0.05, 0.1) is 12.3 Å². The molecule has 2 rings (SSSR count). The van der Waals surface area contributed by atoms with E-state index in [2.05, 4.69) is 31.0 Å². The van der Waals surface area contributed by atoms with Gasteiger partial charge in [0, 0.05) is 31.1 Å². The molecule has 0 aromatic carbocycles. The van der Waals surface area contributed by atoms with Gasteiger partial charge in [-0.15, -0.1) is 11.3 Å². The van der Waals surface area contributed by atoms with Crippen LogP contribution in [0.2, 0.25) is 0 Å². The molecule has 21 heavy (non-hydrogen) atoms. The van der Waals surface area contributed by atoms with Crippen LogP contribution in [0.4, 0.5) is 5.13 Å². The van der Waals surface area contributed by atoms with Crippen LogP contribution in [0.3, 0.4) is 0 Å². The van der Waals surface area contributed by atoms with Gasteiger partial charge in [-0.3, -0.25) is 0 Å². The number of hydrogen-bond acceptors (Lipinski definition) is 5. The van der Waals surface area contributed by atoms with Crippen LogP contribution in [0, 0.1) is 5.92 Å². The molecule has 1 heterocycles. The third-order valence-electron chi connectivity index (χ3n) is 3.78. The number of thiazole rings is 1. The molecule has 120 valence electrons. The van der Waals surface area contributed by atoms with E-state index < -0.39 is 0 Å². The first-order valence-electron chi connectivity index (χ1n) is 8.10. The van der Waals surface area contributed by atoms with Crippen molar-refractivity contribution in [1.29, 1.82) is 0 Å². The average molecular weight is 311 g/mol. The summed E-state index contributed by atoms with van der Waals surface area (Å²) < 4.78 is 5.32. The molecule has 1 aliphatic carbocycles. The van der Waals surface area contributed by atoms with E-state index in [9.17, 15) is 0 Å². The van der Waals surface area contributed by atoms with Crippen molar-refractivity contribution in [2.45, 2.75) is 59.2 Å². The smallest absolute Gasteiger partial charge is 0.186 e. The summed E-state index contributed by atoms with van der Waals surface area (Å²) in [5, 5.41) is 4.65. The van der Waals surface area contributed by atoms with Gasteiger partial charge >= 0.3 is 0 Å². The van der Waals surface area contributed by atoms with Crippen LogP contribution in [-0.2, 0) is 17.9 Å². The zero-order valence-electron chi connectivity index (χ0n) is 13.8. The molecule has 0 unspecified atom stereocenters. The highest BCUT2D eigenvalue weighted by molar-refractivity contribution is 7.15. The van der Waals surface area contributed by atoms with Crippen molar-refractivity contribution in [3.63, 3.8) is 0 Å². The van der Waals surface area contributed by atoms with E-state index in [1.165, 1.54) is 17.7 Å². The van der Waals surface area contributed by atoms with Crippen LogP contribution >= 0.6 is 11.3 Å². The fourth-order valence-electron chi connectivity index (χ4n) is 2.35. The van der Waals surface area contributed by atoms with E-state index >= 15 is 0 Å². The summed E-state index contributed by atoms with van der Waals surface area (Å²) in [6, 6.07) is 0.503. The van der Waals surface area contributed by atoms with E-state index in [1.807, 2.05) is 11.3 Å². The molecule has 4 nitrogen and oxygen atoms in total. The molecule has 1 saturated carbocycles. The first-order valence-corrected chi connectivity index (χ1v) is 8.92. The molecule has 1 fully saturated rings. The van der Waals surface area contributed by atoms with Gasteiger partial charge in [-0.05, 0) is 45.6 Å². The predicted molar refractivity (Wildman–Crippen MR) is 90.0 cm³/mol. The number of nitrogens with one attached hydrogen (secondary N) is 1. The molecular formula is C16H29N3OS. The van der Waals surface area contributed by atoms with Crippen LogP contribution in [0.25, 0.3) is 0 Å². The van der Waals surface area contributed by atoms with Gasteiger partial charge in [0.2, 0.25) is 0 Å². The maximum Gasteiger partial charge on any atom is 0.186 e. The van der Waals surface area contributed by atoms with Crippen LogP contribution in [0.1, 0.15) is 50.6 Å². The molecule has 0 amide bonds. The Morgan fingerprint density at radius 2 is 2.19 bits per heavy atom. The van der Waals surface area contributed by atoms with Gasteiger partial charge in [-0.2, -0.15) is 0 Å². The number of rotatable bonds is 10. The molecule has 0 spiro atoms. The Hall–Kier alpha value is -0.650. The first-order chi connectivity index (χ1) is 10.2. The number of anilines is 1. The lowest BCUT2D eigenvalue weighted by molar-refractivity contribution is 0.181. The zero-order valence-corrected chi connectivity index (χ0v) is 14.6. The number of ether oxygens (including phenoxy) is 1. The lowest BCUT2D eigenvalue weighted by Gasteiger charge is -2.26. The highest BCUT2D eigenvalue weighted by atomic mass is 32.1. The third kappa shape index (κ3) is 4.94. The Morgan fingerprint density at radius 1 is 1.43 bits per heavy atom. The maximum absolute atomic E-state index is 5.32. The van der Waals surface area contributed by atoms with E-state index in [0.29, 0.717) is 12.6 Å². The van der Waals surface area contributed by atoms with Crippen LogP contribution < -0.4 is 10.2 Å². The second-order valence-corrected chi connectivity index (χ2v) is 7.23. The Kier molecular flexibility index (Phi) is 6.45. The molecule has 1 aliphatic rings. The number of nitrogens with zero attached hydrogens (tertiary/aromatic N) is 2. The van der Waals surface area contributed by atoms with Gasteiger partial charge in [0.15, 0.2) is 5.13 Å². The highest BCUT2D eigenvalue weighted by Gasteiger charge is 2.27. The quantitative estimate of drug-likeness (QED) is 0.672. The first kappa shape index (κ1) is 16.7. The summed E-state index contributed by atoms with van der Waals surface area (Å²) in [6.07, 6.45) is 3.92. The molecule has 0 bridgehead atoms. The molecule has 5 heteroatoms. The standard InChI is InChI=1S/C16H29N3OS/c1-5-8-17-9-15-14(11-20-4)18-16(21-15)19(12(2)3)10-13-6-7-13/h12-13,17H,5-11H2,1-4H3. The Labute approximate surface area is 132 Å². The maximum atomic E-state index is 5.32. The van der Waals surface area contributed by atoms with Gasteiger partial charge in [-0.1, -0.05) is 6.92 Å². The van der Waals surface area contributed by atoms with Gasteiger partial charge in [-0.25, -0.2) is 4.98 Å². The summed E-state index contributed by atoms with van der Waals surface area (Å²) in [4.78, 5) is 8.64. The van der Waals surface area contributed by atoms with E-state index in [0.717, 1.165) is 42.8 Å². The van der Waals surface area contributed by atoms with Crippen molar-refractivity contribution in [3.8, 4) is 0 Å². The molecule has 1 aromatic heterocycles. The van der Waals surface area contributed by atoms with Gasteiger partial charge in [0.25, 0.3) is 0 Å². The number of methoxy groups -OCH3 is 1. The summed E-state index contributed by atoms with van der Waals surface area (Å²) in [5.74, 6) is 0.879. The van der Waals surface area contributed by atoms with Crippen LogP contribution in [0.15, 0.2) is 0 Å². The van der Waals surface area contributed by atoms with E-state index in [1.54, 1.807) is 7.11 Å². The lowest BCUT2D eigenvalue weighted by atomic mass is 10.3. The molecule has 1 N–H and O–H groups in total. The topological polar surface area (TPSA) is 37.4 Å². The Balaban J connectivity index is 2.10. The van der Waals surface area contributed by atoms with E-state index in [-0.39, 0.29) is 0 Å². The zero-order chi connectivity index (χ0) is 15.2. The molecule has 0 radical (unpaired) electrons. The largest absolute Gasteiger partial charge is 0.378 e. The summed E-state index contributed by atoms with van der Waals surface area (Å²) in [6.45, 7) is 10.4. The SMILES string of the molecule is CCCNCc1sc(N(CC2CC2)C(C)C)nc1COC. The fraction of sp³-hybridized carbons (Fsp3) is 0.812. The highest BCUT2D eigenvalue weighted by Crippen LogP contribution is 2.35. The fourth-order valence-corrected chi connectivity index (χ4v) is 3.52. The van der Waals surface area contributed by atoms with Gasteiger partial charge in [0.1, 0.15) is 0 Å². The van der Waals surface area contributed by atoms with Crippen LogP contribution in [0.5, 0.6) is 0 Å². The summed E-state index contributed by atoms with van der Waals surface area (Å²) in [5.41, 5.74) is 1.10. The minimum Gasteiger partial charge on any atom is -0.378 e. The summed E-state index contributed by atoms with van der Waals surface area (Å²) in [7, 11) is 1.74. The molecular weight excluding hydrogens is 282 g/mol. The monoisotopic (exact) mass is 311 g/mol. The molecule has 1 aromatic rings. The minimum absolute atomic E-state index is 0.503. The van der Waals surface area contributed by atoms with Crippen molar-refractivity contribution in [1.82, 2.24) is 10.3 Å². The van der Waals surface area contributed by atoms with Crippen molar-refractivity contribution in [2.75, 3.05) is 25.1 Å². The van der Waals surface area contributed by atoms with Crippen molar-refractivity contribution < 1.29 is 4.74 Å². The molecule has 0 aliphatic heterocycles. The normalized spacial score (nSPS) is 14.9. The van der Waals surface area contributed by atoms with E-state index in [4.69, 9.17) is 9.72 Å². The van der Waals surface area contributed by atoms with Crippen LogP contribution in [-0.4, -0.2) is 31.2 Å². The number of hydrogen-bond donors (Lipinski definition) is 1. The Morgan fingerprint density at radius 3 is 2.76 bits per heavy atom. The Bertz CT molecular complexity index is 429. The third-order valence-corrected chi connectivity index (χ3v) is 4.92. The molecule has 0 atom stereocenters. The van der Waals surface area contributed by atoms with Crippen molar-refractivity contribution in [3.05, 3.63) is 10.6 Å². The minimum atomic E-state index is 0.503. The van der Waals surface area contributed by atoms with Crippen molar-refractivity contribution >= 4 is 16.5 Å².